The van der Waals surface area contributed by atoms with E-state index in [0.29, 0.717) is 5.33 Å². The number of carbonyl (C=O) groups is 1. The normalized spacial score (nSPS) is 14.2. The van der Waals surface area contributed by atoms with Crippen LogP contribution in [-0.2, 0) is 0 Å². The number of hydrogen-bond donors (Lipinski definition) is 4. The molecule has 0 saturated heterocycles. The quantitative estimate of drug-likeness (QED) is 0.483. The van der Waals surface area contributed by atoms with Crippen LogP contribution in [0.4, 0.5) is 10.1 Å². The zero-order valence-corrected chi connectivity index (χ0v) is 10.9. The van der Waals surface area contributed by atoms with E-state index < -0.39 is 29.6 Å². The van der Waals surface area contributed by atoms with Gasteiger partial charge in [0, 0.05) is 10.9 Å². The Bertz CT molecular complexity index is 455. The van der Waals surface area contributed by atoms with E-state index in [4.69, 9.17) is 10.8 Å². The first-order valence-electron chi connectivity index (χ1n) is 5.12. The second kappa shape index (κ2) is 6.12. The number of benzene rings is 1. The van der Waals surface area contributed by atoms with Crippen molar-refractivity contribution in [2.24, 2.45) is 0 Å². The third-order valence-electron chi connectivity index (χ3n) is 2.50. The predicted molar refractivity (Wildman–Crippen MR) is 67.1 cm³/mol. The molecule has 0 heterocycles. The van der Waals surface area contributed by atoms with Gasteiger partial charge in [0.2, 0.25) is 0 Å². The van der Waals surface area contributed by atoms with Crippen LogP contribution in [0.3, 0.4) is 0 Å². The minimum absolute atomic E-state index is 0.124. The Morgan fingerprint density at radius 2 is 2.06 bits per heavy atom. The molecule has 0 amide bonds. The van der Waals surface area contributed by atoms with Gasteiger partial charge in [-0.1, -0.05) is 15.9 Å². The third-order valence-corrected chi connectivity index (χ3v) is 2.95. The van der Waals surface area contributed by atoms with E-state index in [9.17, 15) is 19.4 Å². The lowest BCUT2D eigenvalue weighted by molar-refractivity contribution is 0.0176. The molecule has 1 rings (SSSR count). The zero-order chi connectivity index (χ0) is 13.9. The van der Waals surface area contributed by atoms with Crippen molar-refractivity contribution in [3.63, 3.8) is 0 Å². The van der Waals surface area contributed by atoms with Crippen LogP contribution in [0.25, 0.3) is 0 Å². The molecule has 1 aromatic rings. The van der Waals surface area contributed by atoms with Crippen molar-refractivity contribution in [1.82, 2.24) is 0 Å². The Kier molecular flexibility index (Phi) is 5.06. The Morgan fingerprint density at radius 3 is 2.56 bits per heavy atom. The number of carboxylic acids is 1. The largest absolute Gasteiger partial charge is 0.478 e. The minimum atomic E-state index is -1.43. The van der Waals surface area contributed by atoms with Gasteiger partial charge in [0.15, 0.2) is 0 Å². The number of hydrogen-bond acceptors (Lipinski definition) is 4. The number of aliphatic hydroxyl groups is 2. The van der Waals surface area contributed by atoms with E-state index >= 15 is 0 Å². The molecule has 0 aliphatic carbocycles. The maximum Gasteiger partial charge on any atom is 0.337 e. The number of carboxylic acid groups (broad SMARTS) is 1. The summed E-state index contributed by atoms with van der Waals surface area (Å²) in [5, 5.41) is 28.7. The molecule has 5 nitrogen and oxygen atoms in total. The van der Waals surface area contributed by atoms with E-state index in [0.717, 1.165) is 12.1 Å². The molecule has 2 unspecified atom stereocenters. The van der Waals surface area contributed by atoms with Gasteiger partial charge in [0.25, 0.3) is 0 Å². The van der Waals surface area contributed by atoms with Gasteiger partial charge >= 0.3 is 5.97 Å². The third kappa shape index (κ3) is 3.18. The van der Waals surface area contributed by atoms with Crippen molar-refractivity contribution in [3.05, 3.63) is 29.1 Å². The average Bonchev–Trinajstić information content (AvgIpc) is 2.30. The Labute approximate surface area is 111 Å². The summed E-state index contributed by atoms with van der Waals surface area (Å²) >= 11 is 3.09. The zero-order valence-electron chi connectivity index (χ0n) is 9.31. The van der Waals surface area contributed by atoms with Gasteiger partial charge in [-0.2, -0.15) is 0 Å². The van der Waals surface area contributed by atoms with Crippen molar-refractivity contribution >= 4 is 27.6 Å². The Balaban J connectivity index is 3.19. The maximum atomic E-state index is 13.3. The van der Waals surface area contributed by atoms with Crippen LogP contribution in [0.15, 0.2) is 12.1 Å². The van der Waals surface area contributed by atoms with Gasteiger partial charge in [0.05, 0.1) is 17.4 Å². The fourth-order valence-electron chi connectivity index (χ4n) is 1.54. The van der Waals surface area contributed by atoms with E-state index in [-0.39, 0.29) is 17.7 Å². The molecule has 0 aromatic heterocycles. The highest BCUT2D eigenvalue weighted by atomic mass is 79.9. The van der Waals surface area contributed by atoms with E-state index in [1.165, 1.54) is 0 Å². The highest BCUT2D eigenvalue weighted by Gasteiger charge is 2.24. The fourth-order valence-corrected chi connectivity index (χ4v) is 2.01. The van der Waals surface area contributed by atoms with Gasteiger partial charge in [-0.3, -0.25) is 0 Å². The highest BCUT2D eigenvalue weighted by molar-refractivity contribution is 9.09. The molecular weight excluding hydrogens is 309 g/mol. The molecule has 0 bridgehead atoms. The lowest BCUT2D eigenvalue weighted by atomic mass is 9.98. The van der Waals surface area contributed by atoms with Crippen molar-refractivity contribution in [2.45, 2.75) is 18.6 Å². The molecule has 0 aliphatic heterocycles. The van der Waals surface area contributed by atoms with Crippen LogP contribution in [-0.4, -0.2) is 32.7 Å². The lowest BCUT2D eigenvalue weighted by Crippen LogP contribution is -2.21. The summed E-state index contributed by atoms with van der Waals surface area (Å²) in [5.41, 5.74) is 4.75. The van der Waals surface area contributed by atoms with Crippen LogP contribution >= 0.6 is 15.9 Å². The second-order valence-corrected chi connectivity index (χ2v) is 4.54. The lowest BCUT2D eigenvalue weighted by Gasteiger charge is -2.19. The first-order valence-corrected chi connectivity index (χ1v) is 6.25. The summed E-state index contributed by atoms with van der Waals surface area (Å²) in [5.74, 6) is -2.22. The Morgan fingerprint density at radius 1 is 1.44 bits per heavy atom. The summed E-state index contributed by atoms with van der Waals surface area (Å²) < 4.78 is 13.3. The van der Waals surface area contributed by atoms with Crippen LogP contribution in [0, 0.1) is 5.82 Å². The van der Waals surface area contributed by atoms with Gasteiger partial charge < -0.3 is 21.1 Å². The molecule has 1 aromatic carbocycles. The Hall–Kier alpha value is -1.18. The highest BCUT2D eigenvalue weighted by Crippen LogP contribution is 2.28. The number of rotatable bonds is 5. The number of alkyl halides is 1. The average molecular weight is 322 g/mol. The van der Waals surface area contributed by atoms with Gasteiger partial charge in [0.1, 0.15) is 11.9 Å². The van der Waals surface area contributed by atoms with Gasteiger partial charge in [-0.15, -0.1) is 0 Å². The first kappa shape index (κ1) is 14.9. The molecule has 0 spiro atoms. The molecule has 0 saturated carbocycles. The number of nitrogen functional groups attached to an aromatic ring is 1. The summed E-state index contributed by atoms with van der Waals surface area (Å²) in [4.78, 5) is 10.8. The second-order valence-electron chi connectivity index (χ2n) is 3.75. The van der Waals surface area contributed by atoms with Crippen molar-refractivity contribution in [3.8, 4) is 0 Å². The molecule has 5 N–H and O–H groups in total. The summed E-state index contributed by atoms with van der Waals surface area (Å²) in [6.45, 7) is 0. The summed E-state index contributed by atoms with van der Waals surface area (Å²) in [6.07, 6.45) is -2.37. The SMILES string of the molecule is Nc1c(C(=O)O)cc(F)cc1C(O)C(O)CCBr. The van der Waals surface area contributed by atoms with Crippen LogP contribution < -0.4 is 5.73 Å². The molecule has 7 heteroatoms. The van der Waals surface area contributed by atoms with Crippen molar-refractivity contribution in [2.75, 3.05) is 11.1 Å². The monoisotopic (exact) mass is 321 g/mol. The standard InChI is InChI=1S/C11H13BrFNO4/c12-2-1-8(15)10(16)6-3-5(13)4-7(9(6)14)11(17)18/h3-4,8,10,15-16H,1-2,14H2,(H,17,18). The van der Waals surface area contributed by atoms with E-state index in [1.807, 2.05) is 0 Å². The number of halogens is 2. The number of nitrogens with two attached hydrogens (primary N) is 1. The topological polar surface area (TPSA) is 104 Å². The van der Waals surface area contributed by atoms with Crippen LogP contribution in [0.2, 0.25) is 0 Å². The molecular formula is C11H13BrFNO4. The smallest absolute Gasteiger partial charge is 0.337 e. The minimum Gasteiger partial charge on any atom is -0.478 e. The van der Waals surface area contributed by atoms with E-state index in [1.54, 1.807) is 0 Å². The number of aliphatic hydroxyl groups excluding tert-OH is 2. The molecule has 0 aliphatic rings. The molecule has 100 valence electrons. The predicted octanol–water partition coefficient (Wildman–Crippen LogP) is 1.29. The van der Waals surface area contributed by atoms with Crippen LogP contribution in [0.1, 0.15) is 28.4 Å². The molecule has 0 fully saturated rings. The summed E-state index contributed by atoms with van der Waals surface area (Å²) in [6, 6.07) is 1.69. The molecule has 18 heavy (non-hydrogen) atoms. The molecule has 2 atom stereocenters. The van der Waals surface area contributed by atoms with E-state index in [2.05, 4.69) is 15.9 Å². The summed E-state index contributed by atoms with van der Waals surface area (Å²) in [7, 11) is 0. The van der Waals surface area contributed by atoms with Crippen molar-refractivity contribution in [1.29, 1.82) is 0 Å². The van der Waals surface area contributed by atoms with Crippen molar-refractivity contribution < 1.29 is 24.5 Å². The molecule has 0 radical (unpaired) electrons. The van der Waals surface area contributed by atoms with Gasteiger partial charge in [-0.25, -0.2) is 9.18 Å². The maximum absolute atomic E-state index is 13.3. The first-order chi connectivity index (χ1) is 8.38. The van der Waals surface area contributed by atoms with Gasteiger partial charge in [-0.05, 0) is 18.6 Å². The fraction of sp³-hybridized carbons (Fsp3) is 0.364. The number of aromatic carboxylic acids is 1. The number of anilines is 1. The van der Waals surface area contributed by atoms with Crippen LogP contribution in [0.5, 0.6) is 0 Å².